The van der Waals surface area contributed by atoms with E-state index in [1.807, 2.05) is 20.8 Å². The first kappa shape index (κ1) is 10.6. The van der Waals surface area contributed by atoms with Crippen LogP contribution in [0.5, 0.6) is 5.75 Å². The molecule has 76 valence electrons. The van der Waals surface area contributed by atoms with E-state index < -0.39 is 5.54 Å². The summed E-state index contributed by atoms with van der Waals surface area (Å²) in [5.41, 5.74) is 0.352. The summed E-state index contributed by atoms with van der Waals surface area (Å²) in [4.78, 5) is 0. The van der Waals surface area contributed by atoms with Gasteiger partial charge in [0.2, 0.25) is 0 Å². The summed E-state index contributed by atoms with van der Waals surface area (Å²) in [6.45, 7) is 5.53. The van der Waals surface area contributed by atoms with Crippen LogP contribution in [0.25, 0.3) is 0 Å². The Balaban J connectivity index is 2.93. The van der Waals surface area contributed by atoms with Crippen molar-refractivity contribution in [3.8, 4) is 5.75 Å². The van der Waals surface area contributed by atoms with Crippen LogP contribution >= 0.6 is 0 Å². The van der Waals surface area contributed by atoms with E-state index in [0.29, 0.717) is 0 Å². The summed E-state index contributed by atoms with van der Waals surface area (Å²) in [7, 11) is 0. The second-order valence-electron chi connectivity index (χ2n) is 4.22. The molecule has 1 rings (SSSR count). The number of phenolic OH excluding ortho intramolecular Hbond substituents is 1. The lowest BCUT2D eigenvalue weighted by atomic mass is 10.1. The van der Waals surface area contributed by atoms with Crippen molar-refractivity contribution in [2.24, 2.45) is 0 Å². The van der Waals surface area contributed by atoms with Crippen LogP contribution in [-0.2, 0) is 0 Å². The molecule has 1 aromatic rings. The molecule has 0 atom stereocenters. The Morgan fingerprint density at radius 2 is 1.71 bits per heavy atom. The summed E-state index contributed by atoms with van der Waals surface area (Å²) < 4.78 is 0.902. The van der Waals surface area contributed by atoms with Gasteiger partial charge in [0.25, 0.3) is 0 Å². The third kappa shape index (κ3) is 2.76. The van der Waals surface area contributed by atoms with Gasteiger partial charge >= 0.3 is 0 Å². The van der Waals surface area contributed by atoms with Crippen LogP contribution in [0, 0.1) is 5.21 Å². The van der Waals surface area contributed by atoms with Gasteiger partial charge in [-0.1, -0.05) is 0 Å². The number of nitrogens with zero attached hydrogens (tertiary/aromatic N) is 1. The minimum absolute atomic E-state index is 0.204. The number of benzene rings is 1. The predicted molar refractivity (Wildman–Crippen MR) is 56.7 cm³/mol. The Labute approximate surface area is 83.9 Å². The minimum Gasteiger partial charge on any atom is -0.623 e. The van der Waals surface area contributed by atoms with E-state index >= 15 is 0 Å². The van der Waals surface area contributed by atoms with Gasteiger partial charge < -0.3 is 10.3 Å². The largest absolute Gasteiger partial charge is 0.623 e. The normalized spacial score (nSPS) is 12.9. The van der Waals surface area contributed by atoms with Crippen molar-refractivity contribution in [3.05, 3.63) is 35.0 Å². The monoisotopic (exact) mass is 193 g/mol. The highest BCUT2D eigenvalue weighted by Crippen LogP contribution is 2.10. The van der Waals surface area contributed by atoms with E-state index in [1.165, 1.54) is 6.21 Å². The van der Waals surface area contributed by atoms with E-state index in [9.17, 15) is 5.21 Å². The van der Waals surface area contributed by atoms with Crippen molar-refractivity contribution >= 4 is 6.21 Å². The maximum absolute atomic E-state index is 11.5. The number of phenols is 1. The molecule has 3 heteroatoms. The topological polar surface area (TPSA) is 46.3 Å². The second kappa shape index (κ2) is 3.70. The average Bonchev–Trinajstić information content (AvgIpc) is 2.07. The minimum atomic E-state index is -0.433. The Morgan fingerprint density at radius 3 is 2.14 bits per heavy atom. The molecule has 0 fully saturated rings. The summed E-state index contributed by atoms with van der Waals surface area (Å²) in [5.74, 6) is 0.204. The van der Waals surface area contributed by atoms with Crippen molar-refractivity contribution in [1.29, 1.82) is 0 Å². The molecular weight excluding hydrogens is 178 g/mol. The molecule has 0 amide bonds. The van der Waals surface area contributed by atoms with Crippen molar-refractivity contribution in [2.45, 2.75) is 26.3 Å². The van der Waals surface area contributed by atoms with Gasteiger partial charge in [-0.25, -0.2) is 4.74 Å². The Hall–Kier alpha value is -1.51. The van der Waals surface area contributed by atoms with Crippen LogP contribution in [0.2, 0.25) is 0 Å². The molecule has 0 aromatic heterocycles. The van der Waals surface area contributed by atoms with Crippen molar-refractivity contribution in [1.82, 2.24) is 0 Å². The smallest absolute Gasteiger partial charge is 0.182 e. The molecule has 1 aromatic carbocycles. The average molecular weight is 193 g/mol. The summed E-state index contributed by atoms with van der Waals surface area (Å²) in [6, 6.07) is 6.52. The maximum Gasteiger partial charge on any atom is 0.182 e. The number of hydroxylamine groups is 1. The Bertz CT molecular complexity index is 333. The molecule has 0 radical (unpaired) electrons. The van der Waals surface area contributed by atoms with Crippen LogP contribution in [0.4, 0.5) is 0 Å². The second-order valence-corrected chi connectivity index (χ2v) is 4.22. The van der Waals surface area contributed by atoms with Gasteiger partial charge in [-0.15, -0.1) is 0 Å². The Kier molecular flexibility index (Phi) is 2.79. The molecule has 3 nitrogen and oxygen atoms in total. The van der Waals surface area contributed by atoms with Crippen molar-refractivity contribution < 1.29 is 9.85 Å². The molecule has 0 aliphatic heterocycles. The van der Waals surface area contributed by atoms with Crippen molar-refractivity contribution in [3.63, 3.8) is 0 Å². The summed E-state index contributed by atoms with van der Waals surface area (Å²) in [5, 5.41) is 20.6. The number of rotatable bonds is 1. The van der Waals surface area contributed by atoms with Crippen LogP contribution in [0.1, 0.15) is 26.3 Å². The number of hydrogen-bond acceptors (Lipinski definition) is 2. The molecule has 1 N–H and O–H groups in total. The molecule has 0 heterocycles. The van der Waals surface area contributed by atoms with Crippen LogP contribution in [0.15, 0.2) is 24.3 Å². The van der Waals surface area contributed by atoms with E-state index in [0.717, 1.165) is 10.3 Å². The molecular formula is C11H15NO2. The molecule has 0 saturated heterocycles. The van der Waals surface area contributed by atoms with Gasteiger partial charge in [-0.05, 0) is 24.3 Å². The lowest BCUT2D eigenvalue weighted by Crippen LogP contribution is -2.29. The van der Waals surface area contributed by atoms with Gasteiger partial charge in [0.1, 0.15) is 5.75 Å². The molecule has 14 heavy (non-hydrogen) atoms. The number of hydrogen-bond donors (Lipinski definition) is 1. The lowest BCUT2D eigenvalue weighted by Gasteiger charge is -2.18. The fourth-order valence-corrected chi connectivity index (χ4v) is 0.889. The first-order valence-electron chi connectivity index (χ1n) is 4.50. The molecule has 0 unspecified atom stereocenters. The van der Waals surface area contributed by atoms with Gasteiger partial charge in [0, 0.05) is 26.3 Å². The third-order valence-corrected chi connectivity index (χ3v) is 1.82. The van der Waals surface area contributed by atoms with E-state index in [2.05, 4.69) is 0 Å². The zero-order chi connectivity index (χ0) is 10.8. The zero-order valence-electron chi connectivity index (χ0n) is 8.69. The first-order valence-corrected chi connectivity index (χ1v) is 4.50. The third-order valence-electron chi connectivity index (χ3n) is 1.82. The Morgan fingerprint density at radius 1 is 1.21 bits per heavy atom. The highest BCUT2D eigenvalue weighted by atomic mass is 16.5. The maximum atomic E-state index is 11.5. The molecule has 0 bridgehead atoms. The van der Waals surface area contributed by atoms with Crippen LogP contribution in [-0.4, -0.2) is 21.6 Å². The first-order chi connectivity index (χ1) is 6.39. The fourth-order valence-electron chi connectivity index (χ4n) is 0.889. The van der Waals surface area contributed by atoms with Crippen LogP contribution < -0.4 is 0 Å². The quantitative estimate of drug-likeness (QED) is 0.321. The highest BCUT2D eigenvalue weighted by molar-refractivity contribution is 5.75. The van der Waals surface area contributed by atoms with Gasteiger partial charge in [-0.2, -0.15) is 0 Å². The zero-order valence-corrected chi connectivity index (χ0v) is 8.69. The molecule has 0 aliphatic carbocycles. The van der Waals surface area contributed by atoms with Gasteiger partial charge in [-0.3, -0.25) is 0 Å². The number of aromatic hydroxyl groups is 1. The summed E-state index contributed by atoms with van der Waals surface area (Å²) >= 11 is 0. The van der Waals surface area contributed by atoms with E-state index in [1.54, 1.807) is 24.3 Å². The standard InChI is InChI=1S/C11H15NO2/c1-11(2,3)12(14)8-9-4-6-10(13)7-5-9/h4-8,13H,1-3H3. The predicted octanol–water partition coefficient (Wildman–Crippen LogP) is 2.12. The SMILES string of the molecule is CC(C)(C)[N+]([O-])=Cc1ccc(O)cc1. The fraction of sp³-hybridized carbons (Fsp3) is 0.364. The lowest BCUT2D eigenvalue weighted by molar-refractivity contribution is -0.530. The van der Waals surface area contributed by atoms with Crippen LogP contribution in [0.3, 0.4) is 0 Å². The summed E-state index contributed by atoms with van der Waals surface area (Å²) in [6.07, 6.45) is 1.51. The molecule has 0 saturated carbocycles. The highest BCUT2D eigenvalue weighted by Gasteiger charge is 2.17. The van der Waals surface area contributed by atoms with E-state index in [4.69, 9.17) is 5.11 Å². The van der Waals surface area contributed by atoms with E-state index in [-0.39, 0.29) is 5.75 Å². The van der Waals surface area contributed by atoms with Crippen molar-refractivity contribution in [2.75, 3.05) is 0 Å². The van der Waals surface area contributed by atoms with Gasteiger partial charge in [0.15, 0.2) is 11.8 Å². The molecule has 0 spiro atoms. The van der Waals surface area contributed by atoms with Gasteiger partial charge in [0.05, 0.1) is 0 Å². The molecule has 0 aliphatic rings.